The van der Waals surface area contributed by atoms with Crippen LogP contribution in [0.25, 0.3) is 0 Å². The van der Waals surface area contributed by atoms with E-state index in [-0.39, 0.29) is 23.2 Å². The van der Waals surface area contributed by atoms with Gasteiger partial charge in [0.25, 0.3) is 0 Å². The first-order valence-corrected chi connectivity index (χ1v) is 15.0. The van der Waals surface area contributed by atoms with Crippen LogP contribution in [0.5, 0.6) is 0 Å². The Morgan fingerprint density at radius 1 is 1.19 bits per heavy atom. The number of ether oxygens (including phenoxy) is 2. The Morgan fingerprint density at radius 3 is 2.47 bits per heavy atom. The van der Waals surface area contributed by atoms with Crippen LogP contribution in [-0.4, -0.2) is 51.2 Å². The normalized spacial score (nSPS) is 19.0. The number of nitrogens with zero attached hydrogens (tertiary/aromatic N) is 1. The molecule has 0 bridgehead atoms. The van der Waals surface area contributed by atoms with Gasteiger partial charge in [0.1, 0.15) is 5.60 Å². The Bertz CT molecular complexity index is 757. The van der Waals surface area contributed by atoms with E-state index in [1.54, 1.807) is 0 Å². The van der Waals surface area contributed by atoms with Crippen molar-refractivity contribution in [3.8, 4) is 0 Å². The Hall–Kier alpha value is -1.08. The minimum absolute atomic E-state index is 0.151. The van der Waals surface area contributed by atoms with E-state index in [9.17, 15) is 4.79 Å². The molecule has 1 aliphatic heterocycles. The average molecular weight is 484 g/mol. The first-order chi connectivity index (χ1) is 14.7. The second-order valence-electron chi connectivity index (χ2n) is 11.3. The van der Waals surface area contributed by atoms with Gasteiger partial charge in [0, 0.05) is 24.0 Å². The van der Waals surface area contributed by atoms with Gasteiger partial charge < -0.3 is 18.8 Å². The number of piperidine rings is 1. The van der Waals surface area contributed by atoms with Gasteiger partial charge in [0.2, 0.25) is 0 Å². The highest BCUT2D eigenvalue weighted by atomic mass is 35.5. The van der Waals surface area contributed by atoms with Crippen LogP contribution in [0.15, 0.2) is 24.3 Å². The lowest BCUT2D eigenvalue weighted by atomic mass is 9.88. The standard InChI is InChI=1S/C25H42ClNO4Si/c1-24(2,3)31-23(28)27-14-10-12-20(18-27)22(19-11-9-13-21(26)17-19)29-15-16-30-32(7,8)25(4,5)6/h9,11,13,17,20,22H,10,12,14-16,18H2,1-8H3. The predicted octanol–water partition coefficient (Wildman–Crippen LogP) is 7.07. The third-order valence-corrected chi connectivity index (χ3v) is 11.1. The fraction of sp³-hybridized carbons (Fsp3) is 0.720. The van der Waals surface area contributed by atoms with E-state index in [2.05, 4.69) is 39.9 Å². The van der Waals surface area contributed by atoms with Crippen LogP contribution >= 0.6 is 11.6 Å². The smallest absolute Gasteiger partial charge is 0.410 e. The maximum atomic E-state index is 12.7. The fourth-order valence-corrected chi connectivity index (χ4v) is 4.85. The molecule has 0 aromatic heterocycles. The molecule has 0 aliphatic carbocycles. The number of likely N-dealkylation sites (tertiary alicyclic amines) is 1. The van der Waals surface area contributed by atoms with Crippen molar-refractivity contribution >= 4 is 26.0 Å². The van der Waals surface area contributed by atoms with Crippen LogP contribution in [0.4, 0.5) is 4.79 Å². The molecule has 1 aromatic carbocycles. The van der Waals surface area contributed by atoms with Gasteiger partial charge in [0.15, 0.2) is 8.32 Å². The van der Waals surface area contributed by atoms with Crippen LogP contribution in [0.3, 0.4) is 0 Å². The van der Waals surface area contributed by atoms with E-state index in [1.807, 2.05) is 43.9 Å². The van der Waals surface area contributed by atoms with Crippen LogP contribution in [0.2, 0.25) is 23.2 Å². The van der Waals surface area contributed by atoms with Crippen molar-refractivity contribution in [2.45, 2.75) is 84.2 Å². The topological polar surface area (TPSA) is 48.0 Å². The molecule has 2 unspecified atom stereocenters. The maximum absolute atomic E-state index is 12.7. The monoisotopic (exact) mass is 483 g/mol. The summed E-state index contributed by atoms with van der Waals surface area (Å²) in [6.45, 7) is 19.3. The predicted molar refractivity (Wildman–Crippen MR) is 134 cm³/mol. The van der Waals surface area contributed by atoms with Crippen molar-refractivity contribution in [1.29, 1.82) is 0 Å². The summed E-state index contributed by atoms with van der Waals surface area (Å²) in [5.41, 5.74) is 0.536. The Labute approximate surface area is 200 Å². The molecule has 0 radical (unpaired) electrons. The summed E-state index contributed by atoms with van der Waals surface area (Å²) in [7, 11) is -1.82. The van der Waals surface area contributed by atoms with Crippen molar-refractivity contribution in [2.75, 3.05) is 26.3 Å². The summed E-state index contributed by atoms with van der Waals surface area (Å²) >= 11 is 6.29. The van der Waals surface area contributed by atoms with E-state index >= 15 is 0 Å². The maximum Gasteiger partial charge on any atom is 0.410 e. The lowest BCUT2D eigenvalue weighted by molar-refractivity contribution is -0.0336. The van der Waals surface area contributed by atoms with Gasteiger partial charge >= 0.3 is 6.09 Å². The minimum atomic E-state index is -1.82. The quantitative estimate of drug-likeness (QED) is 0.307. The van der Waals surface area contributed by atoms with Crippen LogP contribution in [0, 0.1) is 5.92 Å². The molecular formula is C25H42ClNO4Si. The van der Waals surface area contributed by atoms with Crippen molar-refractivity contribution in [1.82, 2.24) is 4.90 Å². The molecule has 2 rings (SSSR count). The molecule has 0 N–H and O–H groups in total. The summed E-state index contributed by atoms with van der Waals surface area (Å²) in [6.07, 6.45) is 1.50. The Kier molecular flexibility index (Phi) is 9.25. The van der Waals surface area contributed by atoms with Crippen LogP contribution in [-0.2, 0) is 13.9 Å². The Morgan fingerprint density at radius 2 is 1.88 bits per heavy atom. The molecule has 32 heavy (non-hydrogen) atoms. The molecule has 0 saturated carbocycles. The van der Waals surface area contributed by atoms with E-state index in [0.29, 0.717) is 31.3 Å². The molecule has 1 heterocycles. The summed E-state index contributed by atoms with van der Waals surface area (Å²) < 4.78 is 18.3. The third-order valence-electron chi connectivity index (χ3n) is 6.36. The number of benzene rings is 1. The summed E-state index contributed by atoms with van der Waals surface area (Å²) in [5.74, 6) is 0.169. The number of hydrogen-bond donors (Lipinski definition) is 0. The highest BCUT2D eigenvalue weighted by Crippen LogP contribution is 2.37. The Balaban J connectivity index is 2.09. The molecule has 7 heteroatoms. The fourth-order valence-electron chi connectivity index (χ4n) is 3.63. The van der Waals surface area contributed by atoms with Gasteiger partial charge in [-0.1, -0.05) is 44.5 Å². The number of carbonyl (C=O) groups is 1. The zero-order chi connectivity index (χ0) is 24.2. The van der Waals surface area contributed by atoms with Crippen molar-refractivity contribution < 1.29 is 18.7 Å². The van der Waals surface area contributed by atoms with E-state index in [1.165, 1.54) is 0 Å². The molecule has 5 nitrogen and oxygen atoms in total. The van der Waals surface area contributed by atoms with Crippen molar-refractivity contribution in [2.24, 2.45) is 5.92 Å². The SMILES string of the molecule is CC(C)(C)OC(=O)N1CCCC(C(OCCO[Si](C)(C)C(C)(C)C)c2cccc(Cl)c2)C1. The van der Waals surface area contributed by atoms with Gasteiger partial charge in [0.05, 0.1) is 19.3 Å². The zero-order valence-corrected chi connectivity index (χ0v) is 22.9. The average Bonchev–Trinajstić information content (AvgIpc) is 2.66. The van der Waals surface area contributed by atoms with Crippen LogP contribution < -0.4 is 0 Å². The van der Waals surface area contributed by atoms with Gasteiger partial charge in [-0.15, -0.1) is 0 Å². The first kappa shape index (κ1) is 27.2. The van der Waals surface area contributed by atoms with E-state index in [0.717, 1.165) is 18.4 Å². The van der Waals surface area contributed by atoms with Gasteiger partial charge in [-0.3, -0.25) is 0 Å². The first-order valence-electron chi connectivity index (χ1n) is 11.7. The summed E-state index contributed by atoms with van der Waals surface area (Å²) in [4.78, 5) is 14.5. The lowest BCUT2D eigenvalue weighted by Crippen LogP contribution is -2.44. The van der Waals surface area contributed by atoms with E-state index in [4.69, 9.17) is 25.5 Å². The number of carbonyl (C=O) groups excluding carboxylic acids is 1. The number of rotatable bonds is 7. The molecule has 1 amide bonds. The highest BCUT2D eigenvalue weighted by Gasteiger charge is 2.37. The molecular weight excluding hydrogens is 442 g/mol. The molecule has 0 spiro atoms. The molecule has 1 aliphatic rings. The third kappa shape index (κ3) is 8.05. The molecule has 1 saturated heterocycles. The van der Waals surface area contributed by atoms with Gasteiger partial charge in [-0.05, 0) is 69.4 Å². The molecule has 2 atom stereocenters. The molecule has 1 aromatic rings. The van der Waals surface area contributed by atoms with Crippen LogP contribution in [0.1, 0.15) is 66.1 Å². The van der Waals surface area contributed by atoms with Gasteiger partial charge in [-0.2, -0.15) is 0 Å². The zero-order valence-electron chi connectivity index (χ0n) is 21.2. The lowest BCUT2D eigenvalue weighted by Gasteiger charge is -2.38. The van der Waals surface area contributed by atoms with Crippen molar-refractivity contribution in [3.05, 3.63) is 34.9 Å². The summed E-state index contributed by atoms with van der Waals surface area (Å²) in [6, 6.07) is 7.84. The second kappa shape index (κ2) is 10.9. The molecule has 182 valence electrons. The second-order valence-corrected chi connectivity index (χ2v) is 16.5. The van der Waals surface area contributed by atoms with E-state index < -0.39 is 13.9 Å². The largest absolute Gasteiger partial charge is 0.444 e. The number of amides is 1. The molecule has 1 fully saturated rings. The van der Waals surface area contributed by atoms with Crippen molar-refractivity contribution in [3.63, 3.8) is 0 Å². The highest BCUT2D eigenvalue weighted by molar-refractivity contribution is 6.74. The number of halogens is 1. The summed E-state index contributed by atoms with van der Waals surface area (Å²) in [5, 5.41) is 0.852. The minimum Gasteiger partial charge on any atom is -0.444 e. The van der Waals surface area contributed by atoms with Gasteiger partial charge in [-0.25, -0.2) is 4.79 Å². The number of hydrogen-bond acceptors (Lipinski definition) is 4.